The van der Waals surface area contributed by atoms with E-state index in [0.29, 0.717) is 6.54 Å². The molecule has 106 valence electrons. The van der Waals surface area contributed by atoms with Crippen LogP contribution in [-0.2, 0) is 13.3 Å². The van der Waals surface area contributed by atoms with Gasteiger partial charge >= 0.3 is 8.80 Å². The first kappa shape index (κ1) is 14.4. The van der Waals surface area contributed by atoms with E-state index in [1.54, 1.807) is 0 Å². The first-order valence-corrected chi connectivity index (χ1v) is 8.92. The predicted octanol–water partition coefficient (Wildman–Crippen LogP) is 0.819. The van der Waals surface area contributed by atoms with E-state index >= 15 is 0 Å². The van der Waals surface area contributed by atoms with Gasteiger partial charge in [0.2, 0.25) is 0 Å². The Morgan fingerprint density at radius 2 is 1.44 bits per heavy atom. The summed E-state index contributed by atoms with van der Waals surface area (Å²) in [6.45, 7) is 9.89. The minimum absolute atomic E-state index is 0.175. The van der Waals surface area contributed by atoms with Crippen molar-refractivity contribution in [2.75, 3.05) is 26.2 Å². The van der Waals surface area contributed by atoms with Crippen molar-refractivity contribution in [3.63, 3.8) is 0 Å². The van der Waals surface area contributed by atoms with E-state index in [-0.39, 0.29) is 18.3 Å². The van der Waals surface area contributed by atoms with Gasteiger partial charge in [0.05, 0.1) is 18.3 Å². The largest absolute Gasteiger partial charge is 0.501 e. The highest BCUT2D eigenvalue weighted by atomic mass is 28.4. The van der Waals surface area contributed by atoms with Crippen LogP contribution in [0.3, 0.4) is 0 Å². The molecule has 6 heteroatoms. The molecule has 0 aromatic rings. The molecule has 0 radical (unpaired) electrons. The molecule has 3 rings (SSSR count). The van der Waals surface area contributed by atoms with E-state index in [2.05, 4.69) is 25.7 Å². The quantitative estimate of drug-likeness (QED) is 0.772. The summed E-state index contributed by atoms with van der Waals surface area (Å²) >= 11 is 0. The third-order valence-corrected chi connectivity index (χ3v) is 6.63. The molecule has 2 bridgehead atoms. The van der Waals surface area contributed by atoms with E-state index in [4.69, 9.17) is 19.0 Å². The van der Waals surface area contributed by atoms with Gasteiger partial charge in [0, 0.05) is 25.7 Å². The summed E-state index contributed by atoms with van der Waals surface area (Å²) in [5.41, 5.74) is 5.63. The second kappa shape index (κ2) is 5.98. The topological polar surface area (TPSA) is 57.0 Å². The molecule has 3 fully saturated rings. The van der Waals surface area contributed by atoms with Crippen LogP contribution in [0.5, 0.6) is 0 Å². The lowest BCUT2D eigenvalue weighted by Gasteiger charge is -2.45. The van der Waals surface area contributed by atoms with Crippen LogP contribution in [0, 0.1) is 0 Å². The number of hydrogen-bond donors (Lipinski definition) is 1. The number of hydrogen-bond acceptors (Lipinski definition) is 5. The van der Waals surface area contributed by atoms with Crippen LogP contribution in [-0.4, -0.2) is 58.2 Å². The van der Waals surface area contributed by atoms with Gasteiger partial charge in [-0.15, -0.1) is 0 Å². The maximum atomic E-state index is 6.19. The molecule has 3 heterocycles. The van der Waals surface area contributed by atoms with Crippen LogP contribution in [0.15, 0.2) is 0 Å². The third kappa shape index (κ3) is 3.52. The molecule has 0 aromatic carbocycles. The van der Waals surface area contributed by atoms with E-state index in [0.717, 1.165) is 32.1 Å². The molecule has 0 spiro atoms. The highest BCUT2D eigenvalue weighted by Crippen LogP contribution is 2.28. The van der Waals surface area contributed by atoms with Crippen molar-refractivity contribution >= 4 is 8.80 Å². The Bertz CT molecular complexity index is 244. The lowest BCUT2D eigenvalue weighted by Crippen LogP contribution is -2.61. The highest BCUT2D eigenvalue weighted by Gasteiger charge is 2.48. The molecule has 3 atom stereocenters. The average molecular weight is 274 g/mol. The number of fused-ring (bicyclic) bond motifs is 6. The van der Waals surface area contributed by atoms with Crippen LogP contribution in [0.2, 0.25) is 6.04 Å². The van der Waals surface area contributed by atoms with Crippen LogP contribution >= 0.6 is 0 Å². The molecule has 5 nitrogen and oxygen atoms in total. The Morgan fingerprint density at radius 1 is 1.00 bits per heavy atom. The molecule has 0 amide bonds. The maximum Gasteiger partial charge on any atom is 0.501 e. The summed E-state index contributed by atoms with van der Waals surface area (Å²) in [6, 6.07) is 0.836. The Hall–Kier alpha value is 0.0169. The van der Waals surface area contributed by atoms with Gasteiger partial charge in [-0.3, -0.25) is 4.90 Å². The summed E-state index contributed by atoms with van der Waals surface area (Å²) in [5, 5.41) is 0. The first-order valence-electron chi connectivity index (χ1n) is 6.99. The Labute approximate surface area is 111 Å². The summed E-state index contributed by atoms with van der Waals surface area (Å²) in [7, 11) is -2.54. The number of rotatable bonds is 3. The van der Waals surface area contributed by atoms with Crippen molar-refractivity contribution in [2.24, 2.45) is 5.73 Å². The Balaban J connectivity index is 2.18. The zero-order valence-corrected chi connectivity index (χ0v) is 12.7. The monoisotopic (exact) mass is 274 g/mol. The standard InChI is InChI=1S/C12H26N2O3Si/c1-10-7-14-8-11(2)16-18(15-10,6-4-5-13)17-12(3)9-14/h10-12H,4-9,13H2,1-3H3/t10-,11-,12+/m0/s1. The molecule has 0 saturated carbocycles. The summed E-state index contributed by atoms with van der Waals surface area (Å²) in [4.78, 5) is 2.38. The fourth-order valence-electron chi connectivity index (χ4n) is 2.92. The molecule has 18 heavy (non-hydrogen) atoms. The number of nitrogens with two attached hydrogens (primary N) is 1. The third-order valence-electron chi connectivity index (χ3n) is 3.38. The lowest BCUT2D eigenvalue weighted by molar-refractivity contribution is -0.0790. The van der Waals surface area contributed by atoms with E-state index in [1.165, 1.54) is 0 Å². The van der Waals surface area contributed by atoms with Crippen LogP contribution < -0.4 is 5.73 Å². The zero-order chi connectivity index (χ0) is 13.2. The number of nitrogens with zero attached hydrogens (tertiary/aromatic N) is 1. The van der Waals surface area contributed by atoms with Crippen LogP contribution in [0.1, 0.15) is 27.2 Å². The molecule has 3 aliphatic rings. The molecule has 0 aliphatic carbocycles. The molecule has 2 N–H and O–H groups in total. The zero-order valence-electron chi connectivity index (χ0n) is 11.7. The van der Waals surface area contributed by atoms with Crippen molar-refractivity contribution in [1.29, 1.82) is 0 Å². The Kier molecular flexibility index (Phi) is 4.79. The normalized spacial score (nSPS) is 45.3. The second-order valence-electron chi connectivity index (χ2n) is 5.58. The maximum absolute atomic E-state index is 6.19. The van der Waals surface area contributed by atoms with Crippen LogP contribution in [0.4, 0.5) is 0 Å². The highest BCUT2D eigenvalue weighted by molar-refractivity contribution is 6.60. The van der Waals surface area contributed by atoms with Gasteiger partial charge in [-0.1, -0.05) is 0 Å². The van der Waals surface area contributed by atoms with Crippen molar-refractivity contribution in [3.05, 3.63) is 0 Å². The molecule has 3 saturated heterocycles. The smallest absolute Gasteiger partial charge is 0.369 e. The molecule has 3 aliphatic heterocycles. The van der Waals surface area contributed by atoms with Crippen molar-refractivity contribution in [2.45, 2.75) is 51.5 Å². The summed E-state index contributed by atoms with van der Waals surface area (Å²) in [5.74, 6) is 0. The van der Waals surface area contributed by atoms with Crippen LogP contribution in [0.25, 0.3) is 0 Å². The minimum Gasteiger partial charge on any atom is -0.369 e. The van der Waals surface area contributed by atoms with Crippen molar-refractivity contribution in [3.8, 4) is 0 Å². The predicted molar refractivity (Wildman–Crippen MR) is 72.3 cm³/mol. The van der Waals surface area contributed by atoms with E-state index < -0.39 is 8.80 Å². The van der Waals surface area contributed by atoms with Gasteiger partial charge < -0.3 is 19.0 Å². The molecule has 0 unspecified atom stereocenters. The van der Waals surface area contributed by atoms with Gasteiger partial charge in [-0.25, -0.2) is 0 Å². The Morgan fingerprint density at radius 3 is 1.83 bits per heavy atom. The van der Waals surface area contributed by atoms with Crippen molar-refractivity contribution in [1.82, 2.24) is 4.90 Å². The van der Waals surface area contributed by atoms with Gasteiger partial charge in [-0.05, 0) is 33.7 Å². The van der Waals surface area contributed by atoms with Gasteiger partial charge in [0.15, 0.2) is 0 Å². The first-order chi connectivity index (χ1) is 8.53. The fourth-order valence-corrected chi connectivity index (χ4v) is 6.14. The SMILES string of the molecule is C[C@@H]1CN2C[C@H](C)O[Si](CCCN)(O1)O[C@@H](C)C2. The average Bonchev–Trinajstić information content (AvgIpc) is 2.21. The summed E-state index contributed by atoms with van der Waals surface area (Å²) < 4.78 is 18.6. The van der Waals surface area contributed by atoms with E-state index in [9.17, 15) is 0 Å². The molecular weight excluding hydrogens is 248 g/mol. The van der Waals surface area contributed by atoms with E-state index in [1.807, 2.05) is 0 Å². The molecule has 0 aromatic heterocycles. The second-order valence-corrected chi connectivity index (χ2v) is 8.15. The summed E-state index contributed by atoms with van der Waals surface area (Å²) in [6.07, 6.45) is 1.43. The van der Waals surface area contributed by atoms with Gasteiger partial charge in [-0.2, -0.15) is 0 Å². The van der Waals surface area contributed by atoms with Crippen molar-refractivity contribution < 1.29 is 13.3 Å². The minimum atomic E-state index is -2.54. The lowest BCUT2D eigenvalue weighted by atomic mass is 10.2. The molecular formula is C12H26N2O3Si. The fraction of sp³-hybridized carbons (Fsp3) is 1.00. The van der Waals surface area contributed by atoms with Gasteiger partial charge in [0.1, 0.15) is 0 Å². The van der Waals surface area contributed by atoms with Gasteiger partial charge in [0.25, 0.3) is 0 Å².